The topological polar surface area (TPSA) is 31.4 Å². The van der Waals surface area contributed by atoms with Gasteiger partial charge < -0.3 is 9.31 Å². The molecule has 4 heteroatoms. The Bertz CT molecular complexity index is 388. The van der Waals surface area contributed by atoms with E-state index in [1.807, 2.05) is 46.8 Å². The number of nitrogens with zero attached hydrogens (tertiary/aromatic N) is 1. The van der Waals surface area contributed by atoms with Gasteiger partial charge in [-0.3, -0.25) is 4.98 Å². The van der Waals surface area contributed by atoms with Crippen LogP contribution < -0.4 is 5.59 Å². The fourth-order valence-corrected chi connectivity index (χ4v) is 1.70. The van der Waals surface area contributed by atoms with Crippen LogP contribution >= 0.6 is 0 Å². The lowest BCUT2D eigenvalue weighted by Gasteiger charge is -2.32. The van der Waals surface area contributed by atoms with E-state index >= 15 is 0 Å². The average molecular weight is 219 g/mol. The van der Waals surface area contributed by atoms with Crippen molar-refractivity contribution in [1.29, 1.82) is 0 Å². The summed E-state index contributed by atoms with van der Waals surface area (Å²) in [6, 6.07) is 3.94. The minimum atomic E-state index is -0.355. The van der Waals surface area contributed by atoms with Crippen molar-refractivity contribution in [2.75, 3.05) is 0 Å². The van der Waals surface area contributed by atoms with Gasteiger partial charge in [-0.15, -0.1) is 0 Å². The van der Waals surface area contributed by atoms with E-state index in [0.717, 1.165) is 11.2 Å². The molecule has 1 aliphatic rings. The highest BCUT2D eigenvalue weighted by Gasteiger charge is 2.52. The molecule has 0 aromatic carbocycles. The molecule has 2 heterocycles. The first kappa shape index (κ1) is 11.6. The molecule has 1 saturated heterocycles. The van der Waals surface area contributed by atoms with Gasteiger partial charge in [0.15, 0.2) is 0 Å². The van der Waals surface area contributed by atoms with Gasteiger partial charge in [-0.05, 0) is 46.2 Å². The molecule has 0 atom stereocenters. The van der Waals surface area contributed by atoms with E-state index < -0.39 is 0 Å². The van der Waals surface area contributed by atoms with Gasteiger partial charge in [0, 0.05) is 6.20 Å². The second-order valence-corrected chi connectivity index (χ2v) is 5.29. The second-order valence-electron chi connectivity index (χ2n) is 5.29. The van der Waals surface area contributed by atoms with Gasteiger partial charge in [0.1, 0.15) is 0 Å². The summed E-state index contributed by atoms with van der Waals surface area (Å²) in [4.78, 5) is 4.34. The molecule has 0 N–H and O–H groups in total. The summed E-state index contributed by atoms with van der Waals surface area (Å²) >= 11 is 0. The van der Waals surface area contributed by atoms with Gasteiger partial charge in [-0.2, -0.15) is 0 Å². The fraction of sp³-hybridized carbons (Fsp3) is 0.583. The zero-order valence-corrected chi connectivity index (χ0v) is 10.6. The van der Waals surface area contributed by atoms with Crippen molar-refractivity contribution in [2.24, 2.45) is 0 Å². The number of aromatic nitrogens is 1. The fourth-order valence-electron chi connectivity index (χ4n) is 1.70. The molecule has 0 radical (unpaired) electrons. The molecule has 1 aliphatic heterocycles. The number of pyridine rings is 1. The number of aryl methyl sites for hydroxylation is 1. The molecule has 0 amide bonds. The quantitative estimate of drug-likeness (QED) is 0.673. The van der Waals surface area contributed by atoms with Crippen LogP contribution in [-0.4, -0.2) is 23.3 Å². The van der Waals surface area contributed by atoms with Crippen LogP contribution in [0.1, 0.15) is 33.3 Å². The SMILES string of the molecule is Cc1cccnc1B1OC(C)(C)C(C)(C)O1. The van der Waals surface area contributed by atoms with Crippen LogP contribution in [0.3, 0.4) is 0 Å². The highest BCUT2D eigenvalue weighted by atomic mass is 16.7. The van der Waals surface area contributed by atoms with Gasteiger partial charge in [0.05, 0.1) is 16.8 Å². The Morgan fingerprint density at radius 3 is 2.19 bits per heavy atom. The predicted octanol–water partition coefficient (Wildman–Crippen LogP) is 1.69. The lowest BCUT2D eigenvalue weighted by Crippen LogP contribution is -2.41. The van der Waals surface area contributed by atoms with Gasteiger partial charge in [0.25, 0.3) is 0 Å². The zero-order chi connectivity index (χ0) is 12.0. The summed E-state index contributed by atoms with van der Waals surface area (Å²) in [5.74, 6) is 0. The summed E-state index contributed by atoms with van der Waals surface area (Å²) in [6.45, 7) is 10.2. The molecule has 0 unspecified atom stereocenters. The van der Waals surface area contributed by atoms with Gasteiger partial charge in [0.2, 0.25) is 0 Å². The van der Waals surface area contributed by atoms with Crippen LogP contribution in [0, 0.1) is 6.92 Å². The van der Waals surface area contributed by atoms with Crippen molar-refractivity contribution in [1.82, 2.24) is 4.98 Å². The van der Waals surface area contributed by atoms with Crippen LogP contribution in [0.2, 0.25) is 0 Å². The first-order chi connectivity index (χ1) is 7.33. The van der Waals surface area contributed by atoms with E-state index in [4.69, 9.17) is 9.31 Å². The Hall–Kier alpha value is -0.865. The van der Waals surface area contributed by atoms with Crippen molar-refractivity contribution in [3.63, 3.8) is 0 Å². The number of hydrogen-bond acceptors (Lipinski definition) is 3. The highest BCUT2D eigenvalue weighted by molar-refractivity contribution is 6.61. The monoisotopic (exact) mass is 219 g/mol. The maximum absolute atomic E-state index is 5.95. The van der Waals surface area contributed by atoms with Crippen LogP contribution in [0.15, 0.2) is 18.3 Å². The van der Waals surface area contributed by atoms with Crippen LogP contribution in [0.5, 0.6) is 0 Å². The zero-order valence-electron chi connectivity index (χ0n) is 10.6. The summed E-state index contributed by atoms with van der Waals surface area (Å²) in [5, 5.41) is 0. The molecule has 86 valence electrons. The first-order valence-electron chi connectivity index (χ1n) is 5.61. The molecule has 16 heavy (non-hydrogen) atoms. The molecule has 1 fully saturated rings. The minimum absolute atomic E-state index is 0.304. The summed E-state index contributed by atoms with van der Waals surface area (Å²) < 4.78 is 11.9. The molecular weight excluding hydrogens is 201 g/mol. The van der Waals surface area contributed by atoms with Gasteiger partial charge in [-0.1, -0.05) is 6.07 Å². The summed E-state index contributed by atoms with van der Waals surface area (Å²) in [7, 11) is -0.355. The second kappa shape index (κ2) is 3.57. The third-order valence-electron chi connectivity index (χ3n) is 3.53. The van der Waals surface area contributed by atoms with Crippen molar-refractivity contribution < 1.29 is 9.31 Å². The molecule has 0 saturated carbocycles. The van der Waals surface area contributed by atoms with E-state index in [9.17, 15) is 0 Å². The Kier molecular flexibility index (Phi) is 2.59. The van der Waals surface area contributed by atoms with E-state index in [1.165, 1.54) is 0 Å². The average Bonchev–Trinajstić information content (AvgIpc) is 2.36. The minimum Gasteiger partial charge on any atom is -0.398 e. The van der Waals surface area contributed by atoms with E-state index in [0.29, 0.717) is 0 Å². The van der Waals surface area contributed by atoms with E-state index in [-0.39, 0.29) is 18.3 Å². The Balaban J connectivity index is 2.31. The maximum Gasteiger partial charge on any atom is 0.514 e. The largest absolute Gasteiger partial charge is 0.514 e. The van der Waals surface area contributed by atoms with Crippen molar-refractivity contribution >= 4 is 12.7 Å². The molecule has 0 bridgehead atoms. The molecule has 0 aliphatic carbocycles. The maximum atomic E-state index is 5.95. The molecule has 2 rings (SSSR count). The Labute approximate surface area is 97.3 Å². The molecule has 0 spiro atoms. The van der Waals surface area contributed by atoms with Crippen molar-refractivity contribution in [2.45, 2.75) is 45.8 Å². The smallest absolute Gasteiger partial charge is 0.398 e. The molecule has 1 aromatic rings. The summed E-state index contributed by atoms with van der Waals surface area (Å²) in [5.41, 5.74) is 1.37. The highest BCUT2D eigenvalue weighted by Crippen LogP contribution is 2.36. The third kappa shape index (κ3) is 1.76. The van der Waals surface area contributed by atoms with Crippen molar-refractivity contribution in [3.05, 3.63) is 23.9 Å². The Morgan fingerprint density at radius 1 is 1.12 bits per heavy atom. The molecule has 1 aromatic heterocycles. The number of hydrogen-bond donors (Lipinski definition) is 0. The number of rotatable bonds is 1. The van der Waals surface area contributed by atoms with Gasteiger partial charge >= 0.3 is 7.12 Å². The Morgan fingerprint density at radius 2 is 1.69 bits per heavy atom. The van der Waals surface area contributed by atoms with E-state index in [2.05, 4.69) is 4.98 Å². The van der Waals surface area contributed by atoms with Crippen LogP contribution in [0.4, 0.5) is 0 Å². The molecule has 3 nitrogen and oxygen atoms in total. The van der Waals surface area contributed by atoms with E-state index in [1.54, 1.807) is 6.20 Å². The first-order valence-corrected chi connectivity index (χ1v) is 5.61. The van der Waals surface area contributed by atoms with Crippen LogP contribution in [-0.2, 0) is 9.31 Å². The standard InChI is InChI=1S/C12H18BNO2/c1-9-7-6-8-14-10(9)13-15-11(2,3)12(4,5)16-13/h6-8H,1-5H3. The van der Waals surface area contributed by atoms with Crippen molar-refractivity contribution in [3.8, 4) is 0 Å². The third-order valence-corrected chi connectivity index (χ3v) is 3.53. The predicted molar refractivity (Wildman–Crippen MR) is 64.7 cm³/mol. The normalized spacial score (nSPS) is 22.4. The lowest BCUT2D eigenvalue weighted by atomic mass is 9.81. The molecular formula is C12H18BNO2. The van der Waals surface area contributed by atoms with Gasteiger partial charge in [-0.25, -0.2) is 0 Å². The lowest BCUT2D eigenvalue weighted by molar-refractivity contribution is 0.00578. The summed E-state index contributed by atoms with van der Waals surface area (Å²) in [6.07, 6.45) is 1.77. The van der Waals surface area contributed by atoms with Crippen LogP contribution in [0.25, 0.3) is 0 Å².